The van der Waals surface area contributed by atoms with Gasteiger partial charge in [0.2, 0.25) is 29.5 Å². The van der Waals surface area contributed by atoms with Gasteiger partial charge in [0.25, 0.3) is 0 Å². The number of thiol groups is 1. The van der Waals surface area contributed by atoms with Gasteiger partial charge in [-0.2, -0.15) is 12.6 Å². The van der Waals surface area contributed by atoms with E-state index in [0.29, 0.717) is 104 Å². The third-order valence-corrected chi connectivity index (χ3v) is 11.5. The van der Waals surface area contributed by atoms with Crippen molar-refractivity contribution in [3.8, 4) is 5.75 Å². The molecule has 20 nitrogen and oxygen atoms in total. The number of hydrogen-bond donors (Lipinski definition) is 14. The molecule has 0 spiro atoms. The maximum Gasteiger partial charge on any atom is 0.303 e. The Balaban J connectivity index is 1.53. The molecule has 5 amide bonds. The second-order valence-corrected chi connectivity index (χ2v) is 17.3. The predicted octanol–water partition coefficient (Wildman–Crippen LogP) is -2.07. The summed E-state index contributed by atoms with van der Waals surface area (Å²) in [5, 5.41) is 51.5. The maximum absolute atomic E-state index is 13.6. The average molecular weight is 920 g/mol. The van der Waals surface area contributed by atoms with Gasteiger partial charge in [0.05, 0.1) is 17.1 Å². The molecule has 1 aromatic rings. The van der Waals surface area contributed by atoms with Gasteiger partial charge in [-0.1, -0.05) is 25.0 Å². The quantitative estimate of drug-likeness (QED) is 0.0392. The van der Waals surface area contributed by atoms with Crippen LogP contribution in [0.25, 0.3) is 0 Å². The van der Waals surface area contributed by atoms with Crippen LogP contribution in [0.2, 0.25) is 0 Å². The lowest BCUT2D eigenvalue weighted by atomic mass is 9.96. The Morgan fingerprint density at radius 2 is 0.953 bits per heavy atom. The van der Waals surface area contributed by atoms with Gasteiger partial charge in [0.15, 0.2) is 5.78 Å². The van der Waals surface area contributed by atoms with E-state index in [1.165, 1.54) is 12.1 Å². The number of hydrogen-bond acceptors (Lipinski definition) is 15. The van der Waals surface area contributed by atoms with Crippen LogP contribution in [0.3, 0.4) is 0 Å². The van der Waals surface area contributed by atoms with Gasteiger partial charge >= 0.3 is 5.97 Å². The van der Waals surface area contributed by atoms with Crippen LogP contribution in [0, 0.1) is 0 Å². The van der Waals surface area contributed by atoms with Gasteiger partial charge < -0.3 is 69.1 Å². The number of carbonyl (C=O) groups is 7. The van der Waals surface area contributed by atoms with Crippen molar-refractivity contribution in [2.75, 3.05) is 84.3 Å². The summed E-state index contributed by atoms with van der Waals surface area (Å²) >= 11 is 4.03. The number of fused-ring (bicyclic) bond motifs is 15. The summed E-state index contributed by atoms with van der Waals surface area (Å²) in [5.41, 5.74) is 4.68. The molecule has 0 unspecified atom stereocenters. The molecule has 3 fully saturated rings. The molecule has 3 aliphatic rings. The molecule has 360 valence electrons. The van der Waals surface area contributed by atoms with Crippen molar-refractivity contribution in [3.05, 3.63) is 29.8 Å². The van der Waals surface area contributed by atoms with Crippen molar-refractivity contribution >= 4 is 53.9 Å². The standard InChI is InChI=1S/C43H73N11O9S/c44-41(63)34(24-64)52-36(57)8-4-2-1-3-7-35(56)33(23-31-13-15-32(55)16-14-31)51-37(58)9-5-10-38(59)53-42-25-45-17-20-48-28-43(29-49-21-18-46-26-42,30-50-22-19-47-27-42)54-39(60)11-6-12-40(61)62/h13-16,33-34,45-50,55,64H,1-12,17-30H2,(H2,44,63)(H,51,58)(H,52,57)(H,53,59)(H,54,60)(H,61,62)/t33-,34-,42?,43?/m0/s1. The van der Waals surface area contributed by atoms with Gasteiger partial charge in [-0.15, -0.1) is 0 Å². The van der Waals surface area contributed by atoms with E-state index < -0.39 is 35.0 Å². The number of rotatable bonds is 24. The van der Waals surface area contributed by atoms with Crippen LogP contribution >= 0.6 is 12.6 Å². The number of amides is 5. The Morgan fingerprint density at radius 3 is 1.38 bits per heavy atom. The fourth-order valence-electron chi connectivity index (χ4n) is 7.63. The molecule has 3 saturated heterocycles. The van der Waals surface area contributed by atoms with Crippen molar-refractivity contribution in [2.24, 2.45) is 5.73 Å². The molecule has 3 heterocycles. The van der Waals surface area contributed by atoms with Crippen molar-refractivity contribution < 1.29 is 43.8 Å². The zero-order chi connectivity index (χ0) is 46.6. The molecule has 0 radical (unpaired) electrons. The van der Waals surface area contributed by atoms with Crippen LogP contribution < -0.4 is 58.9 Å². The summed E-state index contributed by atoms with van der Waals surface area (Å²) in [6.45, 7) is 6.32. The number of phenolic OH excluding ortho intramolecular Hbond substituents is 1. The van der Waals surface area contributed by atoms with Crippen molar-refractivity contribution in [2.45, 2.75) is 107 Å². The van der Waals surface area contributed by atoms with E-state index in [-0.39, 0.29) is 98.7 Å². The minimum atomic E-state index is -0.931. The molecule has 0 aromatic heterocycles. The number of Topliss-reactive ketones (excluding diaryl/α,β-unsaturated/α-hetero) is 1. The number of aromatic hydroxyl groups is 1. The first kappa shape index (κ1) is 54.0. The van der Waals surface area contributed by atoms with Gasteiger partial charge in [-0.05, 0) is 49.8 Å². The number of primary amides is 1. The minimum absolute atomic E-state index is 0.0354. The molecule has 0 saturated carbocycles. The second kappa shape index (κ2) is 29.9. The molecule has 2 atom stereocenters. The summed E-state index contributed by atoms with van der Waals surface area (Å²) < 4.78 is 0. The normalized spacial score (nSPS) is 21.0. The summed E-state index contributed by atoms with van der Waals surface area (Å²) in [7, 11) is 0. The third kappa shape index (κ3) is 22.0. The lowest BCUT2D eigenvalue weighted by Gasteiger charge is -2.39. The lowest BCUT2D eigenvalue weighted by Crippen LogP contribution is -2.68. The number of ketones is 1. The summed E-state index contributed by atoms with van der Waals surface area (Å²) in [5.74, 6) is -2.55. The number of nitrogens with one attached hydrogen (secondary N) is 10. The number of benzene rings is 1. The van der Waals surface area contributed by atoms with E-state index in [2.05, 4.69) is 65.8 Å². The highest BCUT2D eigenvalue weighted by atomic mass is 32.1. The molecule has 0 aliphatic carbocycles. The van der Waals surface area contributed by atoms with E-state index in [1.54, 1.807) is 12.1 Å². The molecular formula is C43H73N11O9S. The first-order valence-electron chi connectivity index (χ1n) is 22.6. The van der Waals surface area contributed by atoms with E-state index in [0.717, 1.165) is 5.56 Å². The lowest BCUT2D eigenvalue weighted by molar-refractivity contribution is -0.137. The number of unbranched alkanes of at least 4 members (excludes halogenated alkanes) is 3. The number of carboxylic acid groups (broad SMARTS) is 1. The Labute approximate surface area is 382 Å². The average Bonchev–Trinajstić information content (AvgIpc) is 3.24. The first-order valence-corrected chi connectivity index (χ1v) is 23.2. The van der Waals surface area contributed by atoms with Crippen LogP contribution in [-0.2, 0) is 40.0 Å². The number of carbonyl (C=O) groups excluding carboxylic acids is 6. The Hall–Kier alpha value is -4.38. The SMILES string of the molecule is NC(=O)[C@H](CS)NC(=O)CCCCCCC(=O)[C@H](Cc1ccc(O)cc1)NC(=O)CCCC(=O)NC12CNCCNCC(NC(=O)CCCC(=O)O)(CNCCNC1)CNCCNC2. The highest BCUT2D eigenvalue weighted by Crippen LogP contribution is 2.15. The predicted molar refractivity (Wildman–Crippen MR) is 246 cm³/mol. The number of nitrogens with two attached hydrogens (primary N) is 1. The van der Waals surface area contributed by atoms with Crippen molar-refractivity contribution in [3.63, 3.8) is 0 Å². The van der Waals surface area contributed by atoms with Crippen LogP contribution in [0.5, 0.6) is 5.75 Å². The minimum Gasteiger partial charge on any atom is -0.508 e. The number of aliphatic carboxylic acids is 1. The maximum atomic E-state index is 13.6. The molecule has 4 rings (SSSR count). The molecule has 64 heavy (non-hydrogen) atoms. The second-order valence-electron chi connectivity index (χ2n) is 16.9. The molecule has 3 aliphatic heterocycles. The van der Waals surface area contributed by atoms with Gasteiger partial charge in [0.1, 0.15) is 11.8 Å². The summed E-state index contributed by atoms with van der Waals surface area (Å²) in [4.78, 5) is 87.7. The molecule has 2 bridgehead atoms. The van der Waals surface area contributed by atoms with E-state index in [4.69, 9.17) is 10.8 Å². The number of phenols is 1. The Morgan fingerprint density at radius 1 is 0.562 bits per heavy atom. The molecular weight excluding hydrogens is 847 g/mol. The molecule has 14 N–H and O–H groups in total. The fourth-order valence-corrected chi connectivity index (χ4v) is 7.90. The van der Waals surface area contributed by atoms with Crippen LogP contribution in [0.4, 0.5) is 0 Å². The molecule has 21 heteroatoms. The highest BCUT2D eigenvalue weighted by molar-refractivity contribution is 7.80. The van der Waals surface area contributed by atoms with Gasteiger partial charge in [0, 0.05) is 123 Å². The van der Waals surface area contributed by atoms with E-state index in [1.807, 2.05) is 0 Å². The van der Waals surface area contributed by atoms with Crippen molar-refractivity contribution in [1.29, 1.82) is 0 Å². The Kier molecular flexibility index (Phi) is 25.2. The first-order chi connectivity index (χ1) is 30.7. The molecule has 1 aromatic carbocycles. The largest absolute Gasteiger partial charge is 0.508 e. The zero-order valence-corrected chi connectivity index (χ0v) is 38.0. The smallest absolute Gasteiger partial charge is 0.303 e. The zero-order valence-electron chi connectivity index (χ0n) is 37.1. The monoisotopic (exact) mass is 920 g/mol. The Bertz CT molecular complexity index is 1600. The van der Waals surface area contributed by atoms with Gasteiger partial charge in [-0.3, -0.25) is 33.6 Å². The third-order valence-electron chi connectivity index (χ3n) is 11.2. The number of carboxylic acids is 1. The summed E-state index contributed by atoms with van der Waals surface area (Å²) in [6.07, 6.45) is 3.90. The fraction of sp³-hybridized carbons (Fsp3) is 0.698. The van der Waals surface area contributed by atoms with E-state index in [9.17, 15) is 38.7 Å². The van der Waals surface area contributed by atoms with E-state index >= 15 is 0 Å². The van der Waals surface area contributed by atoms with Crippen LogP contribution in [0.15, 0.2) is 24.3 Å². The van der Waals surface area contributed by atoms with Crippen molar-refractivity contribution in [1.82, 2.24) is 53.2 Å². The topological polar surface area (TPSA) is 306 Å². The summed E-state index contributed by atoms with van der Waals surface area (Å²) in [6, 6.07) is 4.83. The van der Waals surface area contributed by atoms with Crippen LogP contribution in [-0.4, -0.2) is 159 Å². The van der Waals surface area contributed by atoms with Gasteiger partial charge in [-0.25, -0.2) is 0 Å². The highest BCUT2D eigenvalue weighted by Gasteiger charge is 2.34. The van der Waals surface area contributed by atoms with Crippen LogP contribution in [0.1, 0.15) is 82.6 Å².